The van der Waals surface area contributed by atoms with Gasteiger partial charge in [0, 0.05) is 31.7 Å². The Hall–Kier alpha value is -0.670. The Kier molecular flexibility index (Phi) is 5.46. The van der Waals surface area contributed by atoms with Crippen molar-refractivity contribution in [2.45, 2.75) is 61.2 Å². The summed E-state index contributed by atoms with van der Waals surface area (Å²) < 4.78 is 27.9. The van der Waals surface area contributed by atoms with E-state index in [0.717, 1.165) is 48.4 Å². The maximum absolute atomic E-state index is 13.1. The molecule has 4 saturated carbocycles. The summed E-state index contributed by atoms with van der Waals surface area (Å²) in [6.07, 6.45) is 7.51. The summed E-state index contributed by atoms with van der Waals surface area (Å²) >= 11 is 7.00. The lowest BCUT2D eigenvalue weighted by atomic mass is 9.53. The average molecular weight is 472 g/mol. The molecule has 0 aromatic carbocycles. The zero-order chi connectivity index (χ0) is 21.1. The highest BCUT2D eigenvalue weighted by Crippen LogP contribution is 2.55. The molecule has 1 amide bonds. The predicted octanol–water partition coefficient (Wildman–Crippen LogP) is 3.18. The number of nitrogens with one attached hydrogen (secondary N) is 1. The molecule has 5 fully saturated rings. The molecular weight excluding hydrogens is 442 g/mol. The molecule has 1 saturated heterocycles. The first-order valence-electron chi connectivity index (χ1n) is 11.1. The largest absolute Gasteiger partial charge is 0.349 e. The molecule has 6 nitrogen and oxygen atoms in total. The van der Waals surface area contributed by atoms with Crippen LogP contribution >= 0.6 is 22.9 Å². The van der Waals surface area contributed by atoms with E-state index in [4.69, 9.17) is 11.6 Å². The summed E-state index contributed by atoms with van der Waals surface area (Å²) in [7, 11) is -3.51. The Morgan fingerprint density at radius 2 is 1.67 bits per heavy atom. The lowest BCUT2D eigenvalue weighted by molar-refractivity contribution is -0.132. The van der Waals surface area contributed by atoms with E-state index < -0.39 is 10.0 Å². The molecule has 1 aromatic heterocycles. The van der Waals surface area contributed by atoms with Crippen LogP contribution in [0.5, 0.6) is 0 Å². The summed E-state index contributed by atoms with van der Waals surface area (Å²) in [5.74, 6) is 2.50. The Morgan fingerprint density at radius 3 is 2.17 bits per heavy atom. The van der Waals surface area contributed by atoms with Crippen molar-refractivity contribution in [2.75, 3.05) is 26.2 Å². The third-order valence-corrected chi connectivity index (χ3v) is 11.4. The molecule has 4 bridgehead atoms. The van der Waals surface area contributed by atoms with Crippen molar-refractivity contribution in [3.8, 4) is 0 Å². The van der Waals surface area contributed by atoms with E-state index in [1.165, 1.54) is 23.6 Å². The van der Waals surface area contributed by atoms with Crippen molar-refractivity contribution in [1.29, 1.82) is 0 Å². The van der Waals surface area contributed by atoms with E-state index in [-0.39, 0.29) is 21.7 Å². The second kappa shape index (κ2) is 7.73. The van der Waals surface area contributed by atoms with Crippen molar-refractivity contribution >= 4 is 38.9 Å². The number of halogens is 1. The van der Waals surface area contributed by atoms with Gasteiger partial charge in [-0.3, -0.25) is 9.69 Å². The smallest absolute Gasteiger partial charge is 0.252 e. The highest BCUT2D eigenvalue weighted by atomic mass is 35.5. The Bertz CT molecular complexity index is 888. The van der Waals surface area contributed by atoms with Crippen LogP contribution in [0.4, 0.5) is 0 Å². The van der Waals surface area contributed by atoms with E-state index in [2.05, 4.69) is 10.2 Å². The summed E-state index contributed by atoms with van der Waals surface area (Å²) in [6, 6.07) is 2.95. The summed E-state index contributed by atoms with van der Waals surface area (Å²) in [5, 5.41) is 3.47. The van der Waals surface area contributed by atoms with Crippen LogP contribution < -0.4 is 5.32 Å². The first kappa shape index (κ1) is 21.2. The van der Waals surface area contributed by atoms with E-state index in [0.29, 0.717) is 30.5 Å². The number of rotatable bonds is 5. The molecule has 2 heterocycles. The number of piperazine rings is 1. The second-order valence-electron chi connectivity index (χ2n) is 9.86. The van der Waals surface area contributed by atoms with Gasteiger partial charge in [-0.25, -0.2) is 8.42 Å². The van der Waals surface area contributed by atoms with Crippen LogP contribution in [-0.2, 0) is 14.8 Å². The number of nitrogens with zero attached hydrogens (tertiary/aromatic N) is 2. The van der Waals surface area contributed by atoms with Crippen molar-refractivity contribution in [2.24, 2.45) is 17.8 Å². The summed E-state index contributed by atoms with van der Waals surface area (Å²) in [4.78, 5) is 15.2. The van der Waals surface area contributed by atoms with Crippen molar-refractivity contribution in [1.82, 2.24) is 14.5 Å². The normalized spacial score (nSPS) is 35.5. The highest BCUT2D eigenvalue weighted by molar-refractivity contribution is 7.91. The number of hydrogen-bond donors (Lipinski definition) is 1. The first-order chi connectivity index (χ1) is 14.2. The van der Waals surface area contributed by atoms with Crippen LogP contribution in [0.2, 0.25) is 4.34 Å². The van der Waals surface area contributed by atoms with E-state index in [1.807, 2.05) is 6.92 Å². The minimum absolute atomic E-state index is 0.0176. The maximum Gasteiger partial charge on any atom is 0.252 e. The molecule has 6 rings (SSSR count). The van der Waals surface area contributed by atoms with Gasteiger partial charge in [0.05, 0.1) is 10.4 Å². The molecule has 9 heteroatoms. The van der Waals surface area contributed by atoms with Gasteiger partial charge < -0.3 is 5.32 Å². The van der Waals surface area contributed by atoms with E-state index >= 15 is 0 Å². The lowest BCUT2D eigenvalue weighted by Crippen LogP contribution is -2.63. The van der Waals surface area contributed by atoms with Crippen LogP contribution in [0.15, 0.2) is 16.3 Å². The van der Waals surface area contributed by atoms with E-state index in [1.54, 1.807) is 12.1 Å². The SMILES string of the molecule is CC(C(=O)NC12CC3CC(CC(C3)C1)C2)N1CCN(S(=O)(=O)c2ccc(Cl)s2)CC1. The molecular formula is C21H30ClN3O3S2. The van der Waals surface area contributed by atoms with Gasteiger partial charge in [-0.2, -0.15) is 4.31 Å². The van der Waals surface area contributed by atoms with Gasteiger partial charge in [-0.05, 0) is 75.3 Å². The van der Waals surface area contributed by atoms with Crippen LogP contribution in [0.25, 0.3) is 0 Å². The van der Waals surface area contributed by atoms with Gasteiger partial charge in [-0.1, -0.05) is 11.6 Å². The molecule has 0 spiro atoms. The van der Waals surface area contributed by atoms with Gasteiger partial charge in [0.1, 0.15) is 4.21 Å². The number of sulfonamides is 1. The number of carbonyl (C=O) groups is 1. The van der Waals surface area contributed by atoms with Crippen molar-refractivity contribution in [3.05, 3.63) is 16.5 Å². The fraction of sp³-hybridized carbons (Fsp3) is 0.762. The second-order valence-corrected chi connectivity index (χ2v) is 13.7. The number of carbonyl (C=O) groups excluding carboxylic acids is 1. The topological polar surface area (TPSA) is 69.7 Å². The molecule has 4 aliphatic carbocycles. The number of thiophene rings is 1. The summed E-state index contributed by atoms with van der Waals surface area (Å²) in [6.45, 7) is 3.88. The maximum atomic E-state index is 13.1. The van der Waals surface area contributed by atoms with Gasteiger partial charge in [0.2, 0.25) is 5.91 Å². The Morgan fingerprint density at radius 1 is 1.10 bits per heavy atom. The molecule has 1 N–H and O–H groups in total. The van der Waals surface area contributed by atoms with Crippen molar-refractivity contribution in [3.63, 3.8) is 0 Å². The fourth-order valence-corrected chi connectivity index (χ4v) is 9.75. The van der Waals surface area contributed by atoms with Crippen LogP contribution in [-0.4, -0.2) is 61.3 Å². The minimum Gasteiger partial charge on any atom is -0.349 e. The molecule has 30 heavy (non-hydrogen) atoms. The van der Waals surface area contributed by atoms with Gasteiger partial charge in [0.15, 0.2) is 0 Å². The monoisotopic (exact) mass is 471 g/mol. The van der Waals surface area contributed by atoms with Crippen LogP contribution in [0.1, 0.15) is 45.4 Å². The predicted molar refractivity (Wildman–Crippen MR) is 118 cm³/mol. The van der Waals surface area contributed by atoms with Crippen LogP contribution in [0, 0.1) is 17.8 Å². The zero-order valence-electron chi connectivity index (χ0n) is 17.3. The summed E-state index contributed by atoms with van der Waals surface area (Å²) in [5.41, 5.74) is 0.0176. The number of amides is 1. The lowest BCUT2D eigenvalue weighted by Gasteiger charge is -2.57. The zero-order valence-corrected chi connectivity index (χ0v) is 19.7. The Labute approximate surface area is 188 Å². The molecule has 1 unspecified atom stereocenters. The fourth-order valence-electron chi connectivity index (χ4n) is 6.69. The molecule has 1 aliphatic heterocycles. The van der Waals surface area contributed by atoms with Gasteiger partial charge >= 0.3 is 0 Å². The molecule has 5 aliphatic rings. The minimum atomic E-state index is -3.51. The molecule has 0 radical (unpaired) electrons. The first-order valence-corrected chi connectivity index (χ1v) is 13.7. The van der Waals surface area contributed by atoms with Crippen LogP contribution in [0.3, 0.4) is 0 Å². The molecule has 1 atom stereocenters. The molecule has 166 valence electrons. The number of hydrogen-bond acceptors (Lipinski definition) is 5. The molecule has 1 aromatic rings. The van der Waals surface area contributed by atoms with E-state index in [9.17, 15) is 13.2 Å². The highest BCUT2D eigenvalue weighted by Gasteiger charge is 2.52. The van der Waals surface area contributed by atoms with Crippen molar-refractivity contribution < 1.29 is 13.2 Å². The third kappa shape index (κ3) is 3.83. The van der Waals surface area contributed by atoms with Gasteiger partial charge in [-0.15, -0.1) is 11.3 Å². The third-order valence-electron chi connectivity index (χ3n) is 7.77. The standard InChI is InChI=1S/C21H30ClN3O3S2/c1-14(20(26)23-21-11-15-8-16(12-21)10-17(9-15)13-21)24-4-6-25(7-5-24)30(27,28)19-3-2-18(22)29-19/h2-3,14-17H,4-13H2,1H3,(H,23,26). The average Bonchev–Trinajstić information content (AvgIpc) is 3.13. The Balaban J connectivity index is 1.19. The quantitative estimate of drug-likeness (QED) is 0.716. The van der Waals surface area contributed by atoms with Gasteiger partial charge in [0.25, 0.3) is 10.0 Å².